The summed E-state index contributed by atoms with van der Waals surface area (Å²) in [6, 6.07) is 0. The maximum atomic E-state index is 4.40. The molecule has 0 saturated heterocycles. The standard InChI is InChI=1S/C14H24N6/c1-11-13(17-9-15-11)7-20(6-5-19(3)4)8-14-12(2)16-10-18-14/h9-10H,5-8H2,1-4H3,(H,15,17)(H,16,18). The molecule has 0 fully saturated rings. The van der Waals surface area contributed by atoms with E-state index in [9.17, 15) is 0 Å². The van der Waals surface area contributed by atoms with Gasteiger partial charge in [0.25, 0.3) is 0 Å². The molecule has 0 bridgehead atoms. The lowest BCUT2D eigenvalue weighted by molar-refractivity contribution is 0.221. The van der Waals surface area contributed by atoms with Crippen LogP contribution in [-0.2, 0) is 13.1 Å². The zero-order chi connectivity index (χ0) is 14.5. The zero-order valence-electron chi connectivity index (χ0n) is 12.8. The first-order valence-electron chi connectivity index (χ1n) is 6.91. The number of imidazole rings is 2. The normalized spacial score (nSPS) is 11.7. The van der Waals surface area contributed by atoms with E-state index in [0.717, 1.165) is 49.0 Å². The van der Waals surface area contributed by atoms with Crippen LogP contribution >= 0.6 is 0 Å². The lowest BCUT2D eigenvalue weighted by Gasteiger charge is -2.23. The van der Waals surface area contributed by atoms with Crippen molar-refractivity contribution in [2.75, 3.05) is 27.2 Å². The van der Waals surface area contributed by atoms with Crippen molar-refractivity contribution in [2.45, 2.75) is 26.9 Å². The molecular formula is C14H24N6. The van der Waals surface area contributed by atoms with E-state index < -0.39 is 0 Å². The van der Waals surface area contributed by atoms with E-state index in [2.05, 4.69) is 57.7 Å². The molecule has 2 N–H and O–H groups in total. The van der Waals surface area contributed by atoms with Crippen LogP contribution in [0, 0.1) is 13.8 Å². The first-order valence-corrected chi connectivity index (χ1v) is 6.91. The molecule has 6 heteroatoms. The second kappa shape index (κ2) is 6.67. The summed E-state index contributed by atoms with van der Waals surface area (Å²) >= 11 is 0. The number of hydrogen-bond acceptors (Lipinski definition) is 4. The molecule has 2 aromatic heterocycles. The van der Waals surface area contributed by atoms with Crippen molar-refractivity contribution >= 4 is 0 Å². The van der Waals surface area contributed by atoms with E-state index in [1.165, 1.54) is 0 Å². The molecule has 110 valence electrons. The molecule has 0 spiro atoms. The van der Waals surface area contributed by atoms with Gasteiger partial charge in [0.15, 0.2) is 0 Å². The average molecular weight is 276 g/mol. The molecule has 0 aromatic carbocycles. The Bertz CT molecular complexity index is 485. The fourth-order valence-electron chi connectivity index (χ4n) is 2.07. The van der Waals surface area contributed by atoms with Gasteiger partial charge in [0, 0.05) is 37.6 Å². The zero-order valence-corrected chi connectivity index (χ0v) is 12.8. The Labute approximate surface area is 120 Å². The second-order valence-corrected chi connectivity index (χ2v) is 5.46. The third kappa shape index (κ3) is 3.91. The highest BCUT2D eigenvalue weighted by molar-refractivity contribution is 5.11. The van der Waals surface area contributed by atoms with Crippen molar-refractivity contribution in [3.8, 4) is 0 Å². The van der Waals surface area contributed by atoms with Gasteiger partial charge in [-0.25, -0.2) is 9.97 Å². The van der Waals surface area contributed by atoms with Gasteiger partial charge in [-0.05, 0) is 27.9 Å². The number of likely N-dealkylation sites (N-methyl/N-ethyl adjacent to an activating group) is 1. The minimum Gasteiger partial charge on any atom is -0.348 e. The van der Waals surface area contributed by atoms with Gasteiger partial charge in [-0.1, -0.05) is 0 Å². The molecule has 6 nitrogen and oxygen atoms in total. The number of aromatic nitrogens is 4. The monoisotopic (exact) mass is 276 g/mol. The largest absolute Gasteiger partial charge is 0.348 e. The lowest BCUT2D eigenvalue weighted by Crippen LogP contribution is -2.31. The van der Waals surface area contributed by atoms with Gasteiger partial charge in [0.1, 0.15) is 0 Å². The molecule has 0 aliphatic heterocycles. The van der Waals surface area contributed by atoms with Crippen LogP contribution in [0.1, 0.15) is 22.8 Å². The maximum Gasteiger partial charge on any atom is 0.0925 e. The molecule has 20 heavy (non-hydrogen) atoms. The Morgan fingerprint density at radius 1 is 0.900 bits per heavy atom. The molecule has 0 atom stereocenters. The van der Waals surface area contributed by atoms with Gasteiger partial charge >= 0.3 is 0 Å². The number of nitrogens with one attached hydrogen (secondary N) is 2. The summed E-state index contributed by atoms with van der Waals surface area (Å²) in [6.07, 6.45) is 3.52. The van der Waals surface area contributed by atoms with Crippen LogP contribution in [0.3, 0.4) is 0 Å². The topological polar surface area (TPSA) is 63.8 Å². The van der Waals surface area contributed by atoms with Crippen molar-refractivity contribution in [3.63, 3.8) is 0 Å². The SMILES string of the molecule is Cc1[nH]cnc1CN(CCN(C)C)Cc1nc[nH]c1C. The third-order valence-electron chi connectivity index (χ3n) is 3.48. The molecule has 0 radical (unpaired) electrons. The molecular weight excluding hydrogens is 252 g/mol. The number of H-pyrrole nitrogens is 2. The molecule has 0 saturated carbocycles. The minimum atomic E-state index is 0.843. The van der Waals surface area contributed by atoms with Crippen LogP contribution in [0.4, 0.5) is 0 Å². The van der Waals surface area contributed by atoms with Crippen molar-refractivity contribution in [3.05, 3.63) is 35.4 Å². The quantitative estimate of drug-likeness (QED) is 0.800. The number of hydrogen-bond donors (Lipinski definition) is 2. The Hall–Kier alpha value is -1.66. The summed E-state index contributed by atoms with van der Waals surface area (Å²) in [7, 11) is 4.19. The molecule has 0 amide bonds. The van der Waals surface area contributed by atoms with Crippen LogP contribution in [0.2, 0.25) is 0 Å². The number of rotatable bonds is 7. The molecule has 2 aromatic rings. The molecule has 0 aliphatic rings. The van der Waals surface area contributed by atoms with Gasteiger partial charge in [-0.2, -0.15) is 0 Å². The Morgan fingerprint density at radius 3 is 1.75 bits per heavy atom. The maximum absolute atomic E-state index is 4.40. The third-order valence-corrected chi connectivity index (χ3v) is 3.48. The van der Waals surface area contributed by atoms with E-state index in [-0.39, 0.29) is 0 Å². The first kappa shape index (κ1) is 14.7. The van der Waals surface area contributed by atoms with E-state index >= 15 is 0 Å². The van der Waals surface area contributed by atoms with Gasteiger partial charge < -0.3 is 14.9 Å². The highest BCUT2D eigenvalue weighted by Crippen LogP contribution is 2.11. The Morgan fingerprint density at radius 2 is 1.40 bits per heavy atom. The minimum absolute atomic E-state index is 0.843. The molecule has 0 aliphatic carbocycles. The van der Waals surface area contributed by atoms with E-state index in [1.807, 2.05) is 0 Å². The van der Waals surface area contributed by atoms with Gasteiger partial charge in [-0.15, -0.1) is 0 Å². The van der Waals surface area contributed by atoms with Crippen LogP contribution in [0.5, 0.6) is 0 Å². The van der Waals surface area contributed by atoms with Crippen molar-refractivity contribution in [2.24, 2.45) is 0 Å². The predicted molar refractivity (Wildman–Crippen MR) is 79.3 cm³/mol. The van der Waals surface area contributed by atoms with Crippen LogP contribution < -0.4 is 0 Å². The summed E-state index contributed by atoms with van der Waals surface area (Å²) in [5.41, 5.74) is 4.49. The summed E-state index contributed by atoms with van der Waals surface area (Å²) in [6.45, 7) is 7.82. The fraction of sp³-hybridized carbons (Fsp3) is 0.571. The van der Waals surface area contributed by atoms with Crippen LogP contribution in [0.15, 0.2) is 12.7 Å². The highest BCUT2D eigenvalue weighted by atomic mass is 15.2. The van der Waals surface area contributed by atoms with E-state index in [1.54, 1.807) is 12.7 Å². The second-order valence-electron chi connectivity index (χ2n) is 5.46. The van der Waals surface area contributed by atoms with Gasteiger partial charge in [-0.3, -0.25) is 4.90 Å². The van der Waals surface area contributed by atoms with Gasteiger partial charge in [0.2, 0.25) is 0 Å². The average Bonchev–Trinajstić information content (AvgIpc) is 2.97. The molecule has 2 rings (SSSR count). The number of aryl methyl sites for hydroxylation is 2. The smallest absolute Gasteiger partial charge is 0.0925 e. The highest BCUT2D eigenvalue weighted by Gasteiger charge is 2.13. The Kier molecular flexibility index (Phi) is 4.92. The summed E-state index contributed by atoms with van der Waals surface area (Å²) in [4.78, 5) is 19.6. The molecule has 0 unspecified atom stereocenters. The van der Waals surface area contributed by atoms with Crippen molar-refractivity contribution < 1.29 is 0 Å². The van der Waals surface area contributed by atoms with Gasteiger partial charge in [0.05, 0.1) is 24.0 Å². The predicted octanol–water partition coefficient (Wildman–Crippen LogP) is 1.31. The fourth-order valence-corrected chi connectivity index (χ4v) is 2.07. The molecule has 2 heterocycles. The van der Waals surface area contributed by atoms with Crippen LogP contribution in [0.25, 0.3) is 0 Å². The van der Waals surface area contributed by atoms with Crippen LogP contribution in [-0.4, -0.2) is 56.9 Å². The van der Waals surface area contributed by atoms with E-state index in [0.29, 0.717) is 0 Å². The summed E-state index contributed by atoms with van der Waals surface area (Å²) in [5, 5.41) is 0. The van der Waals surface area contributed by atoms with Crippen molar-refractivity contribution in [1.29, 1.82) is 0 Å². The lowest BCUT2D eigenvalue weighted by atomic mass is 10.2. The summed E-state index contributed by atoms with van der Waals surface area (Å²) in [5.74, 6) is 0. The van der Waals surface area contributed by atoms with Crippen molar-refractivity contribution in [1.82, 2.24) is 29.7 Å². The van der Waals surface area contributed by atoms with E-state index in [4.69, 9.17) is 0 Å². The number of nitrogens with zero attached hydrogens (tertiary/aromatic N) is 4. The Balaban J connectivity index is 2.04. The summed E-state index contributed by atoms with van der Waals surface area (Å²) < 4.78 is 0. The first-order chi connectivity index (χ1) is 9.56. The number of aromatic amines is 2.